The van der Waals surface area contributed by atoms with Crippen molar-refractivity contribution < 1.29 is 9.84 Å². The number of β-amino-alcohol motifs (C(OH)–C–C–N with tert-alkyl or cyclic N) is 1. The van der Waals surface area contributed by atoms with E-state index in [0.717, 1.165) is 18.8 Å². The van der Waals surface area contributed by atoms with Crippen molar-refractivity contribution in [1.29, 1.82) is 0 Å². The summed E-state index contributed by atoms with van der Waals surface area (Å²) in [5.41, 5.74) is -0.672. The van der Waals surface area contributed by atoms with Gasteiger partial charge in [-0.25, -0.2) is 4.98 Å². The van der Waals surface area contributed by atoms with Crippen molar-refractivity contribution in [3.8, 4) is 5.88 Å². The second kappa shape index (κ2) is 5.93. The average molecular weight is 280 g/mol. The number of aliphatic hydroxyl groups is 1. The van der Waals surface area contributed by atoms with Gasteiger partial charge in [-0.3, -0.25) is 0 Å². The van der Waals surface area contributed by atoms with Crippen LogP contribution in [-0.2, 0) is 0 Å². The molecule has 2 rings (SSSR count). The molecule has 0 aromatic carbocycles. The van der Waals surface area contributed by atoms with Crippen LogP contribution >= 0.6 is 0 Å². The molecule has 0 spiro atoms. The normalized spacial score (nSPS) is 22.6. The van der Waals surface area contributed by atoms with Gasteiger partial charge in [-0.05, 0) is 34.4 Å². The van der Waals surface area contributed by atoms with E-state index in [9.17, 15) is 5.11 Å². The molecule has 20 heavy (non-hydrogen) atoms. The molecule has 0 aliphatic carbocycles. The van der Waals surface area contributed by atoms with Crippen LogP contribution in [0, 0.1) is 6.92 Å². The fourth-order valence-corrected chi connectivity index (χ4v) is 2.68. The summed E-state index contributed by atoms with van der Waals surface area (Å²) in [6.07, 6.45) is 0.748. The zero-order valence-electron chi connectivity index (χ0n) is 12.8. The minimum Gasteiger partial charge on any atom is -0.478 e. The highest BCUT2D eigenvalue weighted by atomic mass is 16.5. The zero-order valence-corrected chi connectivity index (χ0v) is 12.8. The number of aromatic nitrogens is 2. The number of ether oxygens (including phenoxy) is 1. The molecule has 0 bridgehead atoms. The Bertz CT molecular complexity index is 466. The van der Waals surface area contributed by atoms with Crippen molar-refractivity contribution in [2.75, 3.05) is 45.2 Å². The topological polar surface area (TPSA) is 61.7 Å². The van der Waals surface area contributed by atoms with Gasteiger partial charge in [0.05, 0.1) is 12.2 Å². The Morgan fingerprint density at radius 1 is 1.45 bits per heavy atom. The summed E-state index contributed by atoms with van der Waals surface area (Å²) in [5, 5.41) is 10.6. The molecule has 1 fully saturated rings. The molecule has 2 heterocycles. The molecular weight excluding hydrogens is 256 g/mol. The fraction of sp³-hybridized carbons (Fsp3) is 0.714. The van der Waals surface area contributed by atoms with Crippen LogP contribution < -0.4 is 9.64 Å². The number of aryl methyl sites for hydroxylation is 1. The Hall–Kier alpha value is -1.40. The number of hydrogen-bond acceptors (Lipinski definition) is 6. The third-order valence-corrected chi connectivity index (χ3v) is 3.36. The Labute approximate surface area is 120 Å². The summed E-state index contributed by atoms with van der Waals surface area (Å²) in [6.45, 7) is 6.42. The fourth-order valence-electron chi connectivity index (χ4n) is 2.68. The lowest BCUT2D eigenvalue weighted by Crippen LogP contribution is -2.42. The highest BCUT2D eigenvalue weighted by Crippen LogP contribution is 2.27. The second-order valence-electron chi connectivity index (χ2n) is 5.68. The maximum Gasteiger partial charge on any atom is 0.218 e. The molecule has 1 aromatic heterocycles. The molecular formula is C14H24N4O2. The minimum absolute atomic E-state index is 0.584. The molecule has 112 valence electrons. The molecule has 1 aliphatic heterocycles. The van der Waals surface area contributed by atoms with E-state index in [0.29, 0.717) is 31.4 Å². The summed E-state index contributed by atoms with van der Waals surface area (Å²) >= 11 is 0. The molecule has 1 N–H and O–H groups in total. The van der Waals surface area contributed by atoms with Crippen LogP contribution in [0.4, 0.5) is 5.82 Å². The third-order valence-electron chi connectivity index (χ3n) is 3.36. The van der Waals surface area contributed by atoms with Gasteiger partial charge in [0.2, 0.25) is 5.88 Å². The van der Waals surface area contributed by atoms with Gasteiger partial charge in [0.1, 0.15) is 11.6 Å². The van der Waals surface area contributed by atoms with Crippen LogP contribution in [0.2, 0.25) is 0 Å². The lowest BCUT2D eigenvalue weighted by atomic mass is 10.0. The van der Waals surface area contributed by atoms with E-state index in [1.807, 2.05) is 38.9 Å². The largest absolute Gasteiger partial charge is 0.478 e. The van der Waals surface area contributed by atoms with Gasteiger partial charge < -0.3 is 19.6 Å². The van der Waals surface area contributed by atoms with Crippen molar-refractivity contribution >= 4 is 5.82 Å². The number of hydrogen-bond donors (Lipinski definition) is 1. The van der Waals surface area contributed by atoms with Crippen LogP contribution in [0.25, 0.3) is 0 Å². The van der Waals surface area contributed by atoms with E-state index in [-0.39, 0.29) is 0 Å². The van der Waals surface area contributed by atoms with Crippen LogP contribution in [0.3, 0.4) is 0 Å². The van der Waals surface area contributed by atoms with Gasteiger partial charge in [0, 0.05) is 25.7 Å². The smallest absolute Gasteiger partial charge is 0.218 e. The van der Waals surface area contributed by atoms with Gasteiger partial charge in [0.15, 0.2) is 0 Å². The Morgan fingerprint density at radius 2 is 2.20 bits per heavy atom. The first-order valence-corrected chi connectivity index (χ1v) is 7.02. The average Bonchev–Trinajstić information content (AvgIpc) is 2.70. The number of rotatable bonds is 5. The second-order valence-corrected chi connectivity index (χ2v) is 5.68. The summed E-state index contributed by atoms with van der Waals surface area (Å²) in [5.74, 6) is 2.11. The predicted molar refractivity (Wildman–Crippen MR) is 78.3 cm³/mol. The van der Waals surface area contributed by atoms with E-state index >= 15 is 0 Å². The first-order chi connectivity index (χ1) is 9.42. The number of nitrogens with zero attached hydrogens (tertiary/aromatic N) is 4. The summed E-state index contributed by atoms with van der Waals surface area (Å²) in [7, 11) is 3.95. The van der Waals surface area contributed by atoms with Crippen LogP contribution in [0.5, 0.6) is 5.88 Å². The quantitative estimate of drug-likeness (QED) is 0.856. The lowest BCUT2D eigenvalue weighted by molar-refractivity contribution is 0.0365. The standard InChI is InChI=1S/C14H24N4O2/c1-5-20-13-8-12(15-11(2)16-13)18-7-6-14(19,10-18)9-17(3)4/h8,19H,5-7,9-10H2,1-4H3/t14-/m1/s1. The number of likely N-dealkylation sites (N-methyl/N-ethyl adjacent to an activating group) is 1. The SMILES string of the molecule is CCOc1cc(N2CC[C@@](O)(CN(C)C)C2)nc(C)n1. The first-order valence-electron chi connectivity index (χ1n) is 7.02. The van der Waals surface area contributed by atoms with Crippen LogP contribution in [-0.4, -0.2) is 65.9 Å². The van der Waals surface area contributed by atoms with Crippen molar-refractivity contribution in [3.05, 3.63) is 11.9 Å². The molecule has 0 unspecified atom stereocenters. The van der Waals surface area contributed by atoms with Crippen molar-refractivity contribution in [2.24, 2.45) is 0 Å². The molecule has 1 aromatic rings. The van der Waals surface area contributed by atoms with E-state index in [4.69, 9.17) is 4.74 Å². The van der Waals surface area contributed by atoms with E-state index in [1.165, 1.54) is 0 Å². The van der Waals surface area contributed by atoms with Gasteiger partial charge in [-0.15, -0.1) is 0 Å². The van der Waals surface area contributed by atoms with E-state index in [1.54, 1.807) is 0 Å². The van der Waals surface area contributed by atoms with Crippen molar-refractivity contribution in [2.45, 2.75) is 25.9 Å². The Morgan fingerprint density at radius 3 is 2.85 bits per heavy atom. The maximum absolute atomic E-state index is 10.6. The lowest BCUT2D eigenvalue weighted by Gasteiger charge is -2.27. The van der Waals surface area contributed by atoms with Gasteiger partial charge >= 0.3 is 0 Å². The summed E-state index contributed by atoms with van der Waals surface area (Å²) < 4.78 is 5.45. The summed E-state index contributed by atoms with van der Waals surface area (Å²) in [6, 6.07) is 1.85. The zero-order chi connectivity index (χ0) is 14.8. The molecule has 1 atom stereocenters. The minimum atomic E-state index is -0.672. The Balaban J connectivity index is 2.13. The molecule has 1 aliphatic rings. The van der Waals surface area contributed by atoms with Gasteiger partial charge in [-0.1, -0.05) is 0 Å². The maximum atomic E-state index is 10.6. The molecule has 6 heteroatoms. The highest BCUT2D eigenvalue weighted by Gasteiger charge is 2.37. The Kier molecular flexibility index (Phi) is 4.45. The van der Waals surface area contributed by atoms with Crippen LogP contribution in [0.1, 0.15) is 19.2 Å². The predicted octanol–water partition coefficient (Wildman–Crippen LogP) is 0.687. The molecule has 0 amide bonds. The first kappa shape index (κ1) is 15.0. The highest BCUT2D eigenvalue weighted by molar-refractivity contribution is 5.44. The van der Waals surface area contributed by atoms with Crippen molar-refractivity contribution in [1.82, 2.24) is 14.9 Å². The van der Waals surface area contributed by atoms with Gasteiger partial charge in [-0.2, -0.15) is 4.98 Å². The van der Waals surface area contributed by atoms with Crippen LogP contribution in [0.15, 0.2) is 6.07 Å². The molecule has 0 saturated carbocycles. The third kappa shape index (κ3) is 3.58. The molecule has 0 radical (unpaired) electrons. The van der Waals surface area contributed by atoms with E-state index in [2.05, 4.69) is 14.9 Å². The van der Waals surface area contributed by atoms with E-state index < -0.39 is 5.60 Å². The van der Waals surface area contributed by atoms with Crippen molar-refractivity contribution in [3.63, 3.8) is 0 Å². The number of anilines is 1. The molecule has 1 saturated heterocycles. The monoisotopic (exact) mass is 280 g/mol. The summed E-state index contributed by atoms with van der Waals surface area (Å²) in [4.78, 5) is 12.8. The van der Waals surface area contributed by atoms with Gasteiger partial charge in [0.25, 0.3) is 0 Å². The molecule has 6 nitrogen and oxygen atoms in total.